The molecule has 2 aromatic carbocycles. The van der Waals surface area contributed by atoms with Crippen molar-refractivity contribution in [2.75, 3.05) is 24.2 Å². The Bertz CT molecular complexity index is 819. The Morgan fingerprint density at radius 2 is 1.88 bits per heavy atom. The van der Waals surface area contributed by atoms with Crippen LogP contribution in [0.25, 0.3) is 0 Å². The highest BCUT2D eigenvalue weighted by atomic mass is 35.5. The fraction of sp³-hybridized carbons (Fsp3) is 0.300. The highest BCUT2D eigenvalue weighted by molar-refractivity contribution is 8.00. The maximum Gasteiger partial charge on any atom is 0.256 e. The molecule has 1 saturated heterocycles. The van der Waals surface area contributed by atoms with Gasteiger partial charge in [0.15, 0.2) is 0 Å². The minimum absolute atomic E-state index is 0.132. The summed E-state index contributed by atoms with van der Waals surface area (Å²) in [6.45, 7) is 3.60. The highest BCUT2D eigenvalue weighted by Gasteiger charge is 2.19. The second-order valence-electron chi connectivity index (χ2n) is 6.29. The number of amides is 2. The van der Waals surface area contributed by atoms with Gasteiger partial charge in [0.1, 0.15) is 0 Å². The predicted octanol–water partition coefficient (Wildman–Crippen LogP) is 4.62. The number of carbonyl (C=O) groups excluding carboxylic acids is 2. The van der Waals surface area contributed by atoms with Crippen molar-refractivity contribution in [1.82, 2.24) is 4.90 Å². The lowest BCUT2D eigenvalue weighted by Gasteiger charge is -2.15. The van der Waals surface area contributed by atoms with E-state index >= 15 is 0 Å². The Kier molecular flexibility index (Phi) is 6.22. The van der Waals surface area contributed by atoms with Crippen LogP contribution in [0, 0.1) is 6.92 Å². The van der Waals surface area contributed by atoms with Crippen molar-refractivity contribution in [2.45, 2.75) is 24.7 Å². The van der Waals surface area contributed by atoms with E-state index in [0.717, 1.165) is 36.4 Å². The van der Waals surface area contributed by atoms with Crippen LogP contribution >= 0.6 is 23.4 Å². The molecule has 0 aliphatic carbocycles. The number of rotatable bonds is 5. The quantitative estimate of drug-likeness (QED) is 0.760. The van der Waals surface area contributed by atoms with Gasteiger partial charge < -0.3 is 10.2 Å². The molecule has 1 aliphatic rings. The first-order chi connectivity index (χ1) is 12.5. The summed E-state index contributed by atoms with van der Waals surface area (Å²) < 4.78 is 0. The summed E-state index contributed by atoms with van der Waals surface area (Å²) in [4.78, 5) is 27.6. The standard InChI is InChI=1S/C20H21ClN2O2S/c1-14-8-9-15(12-17(14)21)22-20(25)16-6-2-3-7-18(16)26-13-19(24)23-10-4-5-11-23/h2-3,6-9,12H,4-5,10-11,13H2,1H3,(H,22,25). The highest BCUT2D eigenvalue weighted by Crippen LogP contribution is 2.26. The Labute approximate surface area is 162 Å². The van der Waals surface area contributed by atoms with E-state index in [2.05, 4.69) is 5.32 Å². The monoisotopic (exact) mass is 388 g/mol. The molecular formula is C20H21ClN2O2S. The largest absolute Gasteiger partial charge is 0.342 e. The Morgan fingerprint density at radius 3 is 2.62 bits per heavy atom. The van der Waals surface area contributed by atoms with Crippen molar-refractivity contribution in [2.24, 2.45) is 0 Å². The number of benzene rings is 2. The van der Waals surface area contributed by atoms with Gasteiger partial charge in [0, 0.05) is 28.7 Å². The molecule has 2 aromatic rings. The van der Waals surface area contributed by atoms with Crippen LogP contribution in [0.3, 0.4) is 0 Å². The third-order valence-corrected chi connectivity index (χ3v) is 5.84. The Hall–Kier alpha value is -1.98. The third-order valence-electron chi connectivity index (χ3n) is 4.37. The molecule has 3 rings (SSSR count). The zero-order valence-corrected chi connectivity index (χ0v) is 16.2. The van der Waals surface area contributed by atoms with Crippen LogP contribution in [0.4, 0.5) is 5.69 Å². The lowest BCUT2D eigenvalue weighted by atomic mass is 10.2. The van der Waals surface area contributed by atoms with Gasteiger partial charge in [0.2, 0.25) is 5.91 Å². The molecule has 0 radical (unpaired) electrons. The van der Waals surface area contributed by atoms with Crippen LogP contribution in [0.15, 0.2) is 47.4 Å². The Balaban J connectivity index is 1.68. The van der Waals surface area contributed by atoms with Gasteiger partial charge in [0.25, 0.3) is 5.91 Å². The van der Waals surface area contributed by atoms with Crippen molar-refractivity contribution < 1.29 is 9.59 Å². The first-order valence-corrected chi connectivity index (χ1v) is 9.98. The zero-order chi connectivity index (χ0) is 18.5. The molecule has 1 fully saturated rings. The molecule has 0 aromatic heterocycles. The molecule has 0 atom stereocenters. The van der Waals surface area contributed by atoms with Crippen molar-refractivity contribution in [3.63, 3.8) is 0 Å². The second-order valence-corrected chi connectivity index (χ2v) is 7.72. The van der Waals surface area contributed by atoms with Crippen molar-refractivity contribution in [1.29, 1.82) is 0 Å². The smallest absolute Gasteiger partial charge is 0.256 e. The van der Waals surface area contributed by atoms with Crippen LogP contribution in [-0.2, 0) is 4.79 Å². The molecule has 6 heteroatoms. The number of hydrogen-bond donors (Lipinski definition) is 1. The van der Waals surface area contributed by atoms with Crippen LogP contribution in [0.2, 0.25) is 5.02 Å². The SMILES string of the molecule is Cc1ccc(NC(=O)c2ccccc2SCC(=O)N2CCCC2)cc1Cl. The van der Waals surface area contributed by atoms with Crippen LogP contribution in [0.1, 0.15) is 28.8 Å². The van der Waals surface area contributed by atoms with E-state index in [-0.39, 0.29) is 11.8 Å². The predicted molar refractivity (Wildman–Crippen MR) is 107 cm³/mol. The summed E-state index contributed by atoms with van der Waals surface area (Å²) in [6, 6.07) is 12.8. The normalized spacial score (nSPS) is 13.7. The molecule has 0 saturated carbocycles. The number of nitrogens with zero attached hydrogens (tertiary/aromatic N) is 1. The number of likely N-dealkylation sites (tertiary alicyclic amines) is 1. The molecule has 2 amide bonds. The van der Waals surface area contributed by atoms with Crippen LogP contribution in [0.5, 0.6) is 0 Å². The number of anilines is 1. The van der Waals surface area contributed by atoms with E-state index in [4.69, 9.17) is 11.6 Å². The van der Waals surface area contributed by atoms with Gasteiger partial charge in [-0.2, -0.15) is 0 Å². The number of thioether (sulfide) groups is 1. The number of aryl methyl sites for hydroxylation is 1. The summed E-state index contributed by atoms with van der Waals surface area (Å²) in [5, 5.41) is 3.49. The number of nitrogens with one attached hydrogen (secondary N) is 1. The number of hydrogen-bond acceptors (Lipinski definition) is 3. The summed E-state index contributed by atoms with van der Waals surface area (Å²) in [5.74, 6) is 0.273. The second kappa shape index (κ2) is 8.60. The molecule has 0 bridgehead atoms. The number of halogens is 1. The van der Waals surface area contributed by atoms with Gasteiger partial charge in [0.05, 0.1) is 11.3 Å². The van der Waals surface area contributed by atoms with Gasteiger partial charge in [-0.3, -0.25) is 9.59 Å². The fourth-order valence-corrected chi connectivity index (χ4v) is 3.98. The number of carbonyl (C=O) groups is 2. The van der Waals surface area contributed by atoms with Crippen molar-refractivity contribution in [3.8, 4) is 0 Å². The summed E-state index contributed by atoms with van der Waals surface area (Å²) >= 11 is 7.53. The molecule has 4 nitrogen and oxygen atoms in total. The van der Waals surface area contributed by atoms with E-state index in [1.165, 1.54) is 11.8 Å². The molecule has 26 heavy (non-hydrogen) atoms. The molecule has 1 heterocycles. The van der Waals surface area contributed by atoms with E-state index in [9.17, 15) is 9.59 Å². The maximum atomic E-state index is 12.7. The van der Waals surface area contributed by atoms with E-state index < -0.39 is 0 Å². The Morgan fingerprint density at radius 1 is 1.15 bits per heavy atom. The topological polar surface area (TPSA) is 49.4 Å². The first-order valence-electron chi connectivity index (χ1n) is 8.62. The van der Waals surface area contributed by atoms with E-state index in [1.54, 1.807) is 12.1 Å². The minimum atomic E-state index is -0.207. The molecule has 0 spiro atoms. The van der Waals surface area contributed by atoms with Crippen LogP contribution in [-0.4, -0.2) is 35.6 Å². The molecule has 0 unspecified atom stereocenters. The lowest BCUT2D eigenvalue weighted by molar-refractivity contribution is -0.127. The molecule has 1 aliphatic heterocycles. The van der Waals surface area contributed by atoms with Gasteiger partial charge in [-0.25, -0.2) is 0 Å². The van der Waals surface area contributed by atoms with Crippen molar-refractivity contribution >= 4 is 40.9 Å². The molecular weight excluding hydrogens is 368 g/mol. The lowest BCUT2D eigenvalue weighted by Crippen LogP contribution is -2.29. The van der Waals surface area contributed by atoms with E-state index in [0.29, 0.717) is 22.0 Å². The average molecular weight is 389 g/mol. The molecule has 1 N–H and O–H groups in total. The molecule has 136 valence electrons. The van der Waals surface area contributed by atoms with E-state index in [1.807, 2.05) is 42.2 Å². The van der Waals surface area contributed by atoms with Gasteiger partial charge in [-0.1, -0.05) is 29.8 Å². The summed E-state index contributed by atoms with van der Waals surface area (Å²) in [5.41, 5.74) is 2.17. The van der Waals surface area contributed by atoms with Gasteiger partial charge >= 0.3 is 0 Å². The van der Waals surface area contributed by atoms with Crippen LogP contribution < -0.4 is 5.32 Å². The first kappa shape index (κ1) is 18.8. The zero-order valence-electron chi connectivity index (χ0n) is 14.6. The minimum Gasteiger partial charge on any atom is -0.342 e. The third kappa shape index (κ3) is 4.59. The van der Waals surface area contributed by atoms with Crippen molar-refractivity contribution in [3.05, 3.63) is 58.6 Å². The summed E-state index contributed by atoms with van der Waals surface area (Å²) in [6.07, 6.45) is 2.16. The van der Waals surface area contributed by atoms with Gasteiger partial charge in [-0.05, 0) is 49.6 Å². The van der Waals surface area contributed by atoms with Gasteiger partial charge in [-0.15, -0.1) is 11.8 Å². The fourth-order valence-electron chi connectivity index (χ4n) is 2.85. The summed E-state index contributed by atoms with van der Waals surface area (Å²) in [7, 11) is 0. The average Bonchev–Trinajstić information content (AvgIpc) is 3.18. The maximum absolute atomic E-state index is 12.7.